The van der Waals surface area contributed by atoms with Gasteiger partial charge in [0.05, 0.1) is 18.8 Å². The standard InChI is InChI=1S/C13H17ClO4/c1-4-18-13-9(8(3)16)5-10(14)7(2)12(13)11(17)6-15/h5,11,15,17H,4,6H2,1-3H3. The Morgan fingerprint density at radius 1 is 1.56 bits per heavy atom. The summed E-state index contributed by atoms with van der Waals surface area (Å²) in [6, 6.07) is 1.53. The van der Waals surface area contributed by atoms with Gasteiger partial charge < -0.3 is 14.9 Å². The summed E-state index contributed by atoms with van der Waals surface area (Å²) >= 11 is 6.04. The van der Waals surface area contributed by atoms with Gasteiger partial charge in [0.2, 0.25) is 0 Å². The lowest BCUT2D eigenvalue weighted by molar-refractivity contribution is 0.0914. The first-order valence-electron chi connectivity index (χ1n) is 5.69. The number of carbonyl (C=O) groups is 1. The van der Waals surface area contributed by atoms with Crippen LogP contribution in [0, 0.1) is 6.92 Å². The Balaban J connectivity index is 3.57. The fraction of sp³-hybridized carbons (Fsp3) is 0.462. The van der Waals surface area contributed by atoms with Gasteiger partial charge in [0.15, 0.2) is 5.78 Å². The first-order valence-corrected chi connectivity index (χ1v) is 6.07. The van der Waals surface area contributed by atoms with Crippen LogP contribution in [0.5, 0.6) is 5.75 Å². The Bertz CT molecular complexity index is 457. The Morgan fingerprint density at radius 3 is 2.61 bits per heavy atom. The molecule has 1 aromatic carbocycles. The van der Waals surface area contributed by atoms with Crippen molar-refractivity contribution in [2.75, 3.05) is 13.2 Å². The van der Waals surface area contributed by atoms with E-state index in [-0.39, 0.29) is 5.78 Å². The van der Waals surface area contributed by atoms with Crippen molar-refractivity contribution in [3.8, 4) is 5.75 Å². The fourth-order valence-electron chi connectivity index (χ4n) is 1.80. The van der Waals surface area contributed by atoms with Crippen LogP contribution in [0.25, 0.3) is 0 Å². The van der Waals surface area contributed by atoms with Crippen LogP contribution in [-0.4, -0.2) is 29.2 Å². The van der Waals surface area contributed by atoms with Crippen molar-refractivity contribution in [1.29, 1.82) is 0 Å². The molecule has 0 radical (unpaired) electrons. The van der Waals surface area contributed by atoms with E-state index in [9.17, 15) is 9.90 Å². The SMILES string of the molecule is CCOc1c(C(C)=O)cc(Cl)c(C)c1C(O)CO. The summed E-state index contributed by atoms with van der Waals surface area (Å²) in [6.45, 7) is 4.79. The van der Waals surface area contributed by atoms with Gasteiger partial charge in [0.1, 0.15) is 11.9 Å². The molecule has 0 aromatic heterocycles. The van der Waals surface area contributed by atoms with Crippen LogP contribution in [0.15, 0.2) is 6.07 Å². The van der Waals surface area contributed by atoms with Crippen molar-refractivity contribution in [3.63, 3.8) is 0 Å². The molecule has 0 aliphatic rings. The van der Waals surface area contributed by atoms with Crippen molar-refractivity contribution in [2.24, 2.45) is 0 Å². The molecule has 2 N–H and O–H groups in total. The minimum Gasteiger partial charge on any atom is -0.493 e. The zero-order valence-electron chi connectivity index (χ0n) is 10.7. The Hall–Kier alpha value is -1.10. The first-order chi connectivity index (χ1) is 8.43. The molecule has 0 saturated carbocycles. The number of hydrogen-bond acceptors (Lipinski definition) is 4. The summed E-state index contributed by atoms with van der Waals surface area (Å²) in [4.78, 5) is 11.6. The van der Waals surface area contributed by atoms with Crippen molar-refractivity contribution in [3.05, 3.63) is 27.8 Å². The van der Waals surface area contributed by atoms with E-state index in [1.54, 1.807) is 13.8 Å². The predicted octanol–water partition coefficient (Wildman–Crippen LogP) is 2.28. The molecule has 5 heteroatoms. The molecule has 0 fully saturated rings. The maximum Gasteiger partial charge on any atom is 0.163 e. The molecule has 0 spiro atoms. The molecule has 1 rings (SSSR count). The maximum atomic E-state index is 11.6. The lowest BCUT2D eigenvalue weighted by Gasteiger charge is -2.20. The Labute approximate surface area is 111 Å². The van der Waals surface area contributed by atoms with E-state index in [1.165, 1.54) is 13.0 Å². The van der Waals surface area contributed by atoms with Gasteiger partial charge in [-0.25, -0.2) is 0 Å². The first kappa shape index (κ1) is 15.0. The van der Waals surface area contributed by atoms with Crippen LogP contribution in [0.1, 0.15) is 41.4 Å². The second-order valence-corrected chi connectivity index (χ2v) is 4.37. The minimum absolute atomic E-state index is 0.202. The van der Waals surface area contributed by atoms with Gasteiger partial charge in [-0.15, -0.1) is 0 Å². The normalized spacial score (nSPS) is 12.3. The Morgan fingerprint density at radius 2 is 2.17 bits per heavy atom. The van der Waals surface area contributed by atoms with Gasteiger partial charge >= 0.3 is 0 Å². The van der Waals surface area contributed by atoms with Crippen LogP contribution in [0.3, 0.4) is 0 Å². The molecule has 0 aliphatic heterocycles. The van der Waals surface area contributed by atoms with E-state index in [0.29, 0.717) is 34.1 Å². The number of aliphatic hydroxyl groups excluding tert-OH is 2. The van der Waals surface area contributed by atoms with Gasteiger partial charge in [-0.05, 0) is 32.4 Å². The van der Waals surface area contributed by atoms with Crippen LogP contribution in [-0.2, 0) is 0 Å². The van der Waals surface area contributed by atoms with E-state index in [0.717, 1.165) is 0 Å². The lowest BCUT2D eigenvalue weighted by atomic mass is 9.97. The highest BCUT2D eigenvalue weighted by Gasteiger charge is 2.23. The number of carbonyl (C=O) groups excluding carboxylic acids is 1. The molecule has 100 valence electrons. The number of halogens is 1. The van der Waals surface area contributed by atoms with E-state index in [4.69, 9.17) is 21.4 Å². The van der Waals surface area contributed by atoms with E-state index >= 15 is 0 Å². The van der Waals surface area contributed by atoms with E-state index in [2.05, 4.69) is 0 Å². The summed E-state index contributed by atoms with van der Waals surface area (Å²) in [7, 11) is 0. The summed E-state index contributed by atoms with van der Waals surface area (Å²) < 4.78 is 5.44. The third-order valence-corrected chi connectivity index (χ3v) is 3.09. The number of benzene rings is 1. The average molecular weight is 273 g/mol. The summed E-state index contributed by atoms with van der Waals surface area (Å²) in [5, 5.41) is 19.3. The third-order valence-electron chi connectivity index (χ3n) is 2.70. The average Bonchev–Trinajstić information content (AvgIpc) is 2.33. The lowest BCUT2D eigenvalue weighted by Crippen LogP contribution is -2.12. The van der Waals surface area contributed by atoms with Crippen molar-refractivity contribution in [1.82, 2.24) is 0 Å². The van der Waals surface area contributed by atoms with Crippen molar-refractivity contribution < 1.29 is 19.7 Å². The van der Waals surface area contributed by atoms with Gasteiger partial charge in [-0.3, -0.25) is 4.79 Å². The molecular formula is C13H17ClO4. The summed E-state index contributed by atoms with van der Waals surface area (Å²) in [5.74, 6) is 0.0974. The van der Waals surface area contributed by atoms with Crippen molar-refractivity contribution >= 4 is 17.4 Å². The number of rotatable bonds is 5. The predicted molar refractivity (Wildman–Crippen MR) is 69.4 cm³/mol. The molecule has 0 saturated heterocycles. The minimum atomic E-state index is -1.12. The molecule has 1 atom stereocenters. The van der Waals surface area contributed by atoms with E-state index < -0.39 is 12.7 Å². The van der Waals surface area contributed by atoms with Crippen LogP contribution >= 0.6 is 11.6 Å². The van der Waals surface area contributed by atoms with Crippen LogP contribution < -0.4 is 4.74 Å². The quantitative estimate of drug-likeness (QED) is 0.807. The number of ketones is 1. The number of aliphatic hydroxyl groups is 2. The molecule has 1 unspecified atom stereocenters. The highest BCUT2D eigenvalue weighted by atomic mass is 35.5. The second-order valence-electron chi connectivity index (χ2n) is 3.96. The van der Waals surface area contributed by atoms with Crippen molar-refractivity contribution in [2.45, 2.75) is 26.9 Å². The van der Waals surface area contributed by atoms with Crippen LogP contribution in [0.4, 0.5) is 0 Å². The number of Topliss-reactive ketones (excluding diaryl/α,β-unsaturated/α-hetero) is 1. The third kappa shape index (κ3) is 2.83. The zero-order chi connectivity index (χ0) is 13.9. The molecule has 4 nitrogen and oxygen atoms in total. The highest BCUT2D eigenvalue weighted by Crippen LogP contribution is 2.36. The molecule has 0 heterocycles. The number of ether oxygens (including phenoxy) is 1. The molecule has 18 heavy (non-hydrogen) atoms. The van der Waals surface area contributed by atoms with Gasteiger partial charge in [-0.1, -0.05) is 11.6 Å². The largest absolute Gasteiger partial charge is 0.493 e. The fourth-order valence-corrected chi connectivity index (χ4v) is 2.01. The zero-order valence-corrected chi connectivity index (χ0v) is 11.4. The summed E-state index contributed by atoms with van der Waals surface area (Å²) in [5.41, 5.74) is 1.29. The molecule has 1 aromatic rings. The molecule has 0 bridgehead atoms. The highest BCUT2D eigenvalue weighted by molar-refractivity contribution is 6.32. The van der Waals surface area contributed by atoms with Gasteiger partial charge in [0.25, 0.3) is 0 Å². The monoisotopic (exact) mass is 272 g/mol. The van der Waals surface area contributed by atoms with Gasteiger partial charge in [0, 0.05) is 10.6 Å². The molecule has 0 amide bonds. The number of hydrogen-bond donors (Lipinski definition) is 2. The van der Waals surface area contributed by atoms with E-state index in [1.807, 2.05) is 0 Å². The van der Waals surface area contributed by atoms with Gasteiger partial charge in [-0.2, -0.15) is 0 Å². The Kier molecular flexibility index (Phi) is 5.14. The maximum absolute atomic E-state index is 11.6. The molecule has 0 aliphatic carbocycles. The molecular weight excluding hydrogens is 256 g/mol. The second kappa shape index (κ2) is 6.18. The van der Waals surface area contributed by atoms with Crippen LogP contribution in [0.2, 0.25) is 5.02 Å². The summed E-state index contributed by atoms with van der Waals surface area (Å²) in [6.07, 6.45) is -1.12. The smallest absolute Gasteiger partial charge is 0.163 e. The topological polar surface area (TPSA) is 66.8 Å².